The molecule has 2 rings (SSSR count). The second-order valence-corrected chi connectivity index (χ2v) is 10.2. The van der Waals surface area contributed by atoms with Crippen LogP contribution < -0.4 is 5.73 Å². The molecule has 1 saturated heterocycles. The number of primary amides is 1. The SMILES string of the molecule is CC(C)(C)OC(N)=O.COC(=O)[C@@H]1C2C(CN1C(=O)CC(C)(C)C)C2(C)C. The molecule has 1 heterocycles. The number of rotatable bonds is 2. The van der Waals surface area contributed by atoms with Gasteiger partial charge in [0.2, 0.25) is 5.91 Å². The second-order valence-electron chi connectivity index (χ2n) is 10.2. The van der Waals surface area contributed by atoms with Gasteiger partial charge in [-0.05, 0) is 37.5 Å². The van der Waals surface area contributed by atoms with Crippen LogP contribution in [0.3, 0.4) is 0 Å². The van der Waals surface area contributed by atoms with Crippen LogP contribution in [0.25, 0.3) is 0 Å². The van der Waals surface area contributed by atoms with Crippen molar-refractivity contribution in [3.05, 3.63) is 0 Å². The standard InChI is InChI=1S/C15H25NO3.C5H11NO2/c1-14(2,3)7-10(17)16-8-9-11(15(9,4)5)12(16)13(18)19-6;1-5(2,3)8-4(6)7/h9,11-12H,7-8H2,1-6H3;1-3H3,(H2,6,7)/t9?,11?,12-;/m0./s1. The number of hydrogen-bond acceptors (Lipinski definition) is 5. The van der Waals surface area contributed by atoms with Gasteiger partial charge in [0, 0.05) is 18.9 Å². The number of nitrogens with two attached hydrogens (primary N) is 1. The van der Waals surface area contributed by atoms with E-state index in [4.69, 9.17) is 10.5 Å². The summed E-state index contributed by atoms with van der Waals surface area (Å²) in [4.78, 5) is 36.2. The van der Waals surface area contributed by atoms with E-state index in [1.54, 1.807) is 25.7 Å². The lowest BCUT2D eigenvalue weighted by Crippen LogP contribution is -2.46. The first-order chi connectivity index (χ1) is 12.0. The Kier molecular flexibility index (Phi) is 6.61. The lowest BCUT2D eigenvalue weighted by atomic mass is 9.91. The van der Waals surface area contributed by atoms with E-state index in [0.717, 1.165) is 0 Å². The summed E-state index contributed by atoms with van der Waals surface area (Å²) >= 11 is 0. The van der Waals surface area contributed by atoms with Crippen molar-refractivity contribution < 1.29 is 23.9 Å². The number of fused-ring (bicyclic) bond motifs is 1. The largest absolute Gasteiger partial charge is 0.467 e. The minimum atomic E-state index is -0.725. The molecular formula is C20H36N2O5. The van der Waals surface area contributed by atoms with Crippen LogP contribution in [-0.4, -0.2) is 48.2 Å². The zero-order valence-electron chi connectivity index (χ0n) is 18.2. The molecule has 0 bridgehead atoms. The van der Waals surface area contributed by atoms with Crippen LogP contribution in [0.5, 0.6) is 0 Å². The van der Waals surface area contributed by atoms with Crippen LogP contribution in [0.2, 0.25) is 0 Å². The third kappa shape index (κ3) is 6.11. The highest BCUT2D eigenvalue weighted by atomic mass is 16.6. The monoisotopic (exact) mass is 384 g/mol. The highest BCUT2D eigenvalue weighted by molar-refractivity contribution is 5.86. The summed E-state index contributed by atoms with van der Waals surface area (Å²) in [7, 11) is 1.40. The summed E-state index contributed by atoms with van der Waals surface area (Å²) in [5.41, 5.74) is 4.37. The molecule has 2 fully saturated rings. The molecular weight excluding hydrogens is 348 g/mol. The highest BCUT2D eigenvalue weighted by Gasteiger charge is 2.69. The summed E-state index contributed by atoms with van der Waals surface area (Å²) in [5, 5.41) is 0. The maximum Gasteiger partial charge on any atom is 0.405 e. The molecule has 0 spiro atoms. The molecule has 0 radical (unpaired) electrons. The maximum absolute atomic E-state index is 12.4. The van der Waals surface area contributed by atoms with Gasteiger partial charge in [0.15, 0.2) is 0 Å². The van der Waals surface area contributed by atoms with Crippen molar-refractivity contribution in [2.24, 2.45) is 28.4 Å². The molecule has 1 saturated carbocycles. The lowest BCUT2D eigenvalue weighted by molar-refractivity contribution is -0.153. The van der Waals surface area contributed by atoms with E-state index >= 15 is 0 Å². The van der Waals surface area contributed by atoms with Crippen LogP contribution in [0.4, 0.5) is 4.79 Å². The van der Waals surface area contributed by atoms with Crippen LogP contribution in [0.1, 0.15) is 61.8 Å². The number of nitrogens with zero attached hydrogens (tertiary/aromatic N) is 1. The fraction of sp³-hybridized carbons (Fsp3) is 0.850. The number of piperidine rings is 1. The van der Waals surface area contributed by atoms with E-state index in [9.17, 15) is 14.4 Å². The third-order valence-electron chi connectivity index (χ3n) is 5.06. The van der Waals surface area contributed by atoms with Gasteiger partial charge in [-0.25, -0.2) is 9.59 Å². The van der Waals surface area contributed by atoms with Crippen molar-refractivity contribution >= 4 is 18.0 Å². The van der Waals surface area contributed by atoms with E-state index in [1.165, 1.54) is 7.11 Å². The smallest absolute Gasteiger partial charge is 0.405 e. The second kappa shape index (κ2) is 7.68. The van der Waals surface area contributed by atoms with Gasteiger partial charge in [-0.1, -0.05) is 34.6 Å². The van der Waals surface area contributed by atoms with E-state index in [2.05, 4.69) is 18.6 Å². The number of likely N-dealkylation sites (tertiary alicyclic amines) is 1. The molecule has 7 heteroatoms. The number of hydrogen-bond donors (Lipinski definition) is 1. The van der Waals surface area contributed by atoms with Gasteiger partial charge in [-0.15, -0.1) is 0 Å². The summed E-state index contributed by atoms with van der Waals surface area (Å²) in [6.07, 6.45) is -0.252. The maximum atomic E-state index is 12.4. The van der Waals surface area contributed by atoms with E-state index < -0.39 is 11.7 Å². The van der Waals surface area contributed by atoms with E-state index in [-0.39, 0.29) is 34.7 Å². The summed E-state index contributed by atoms with van der Waals surface area (Å²) in [6, 6.07) is -0.375. The zero-order valence-corrected chi connectivity index (χ0v) is 18.2. The van der Waals surface area contributed by atoms with Crippen LogP contribution in [0, 0.1) is 22.7 Å². The van der Waals surface area contributed by atoms with Crippen LogP contribution in [-0.2, 0) is 19.1 Å². The fourth-order valence-corrected chi connectivity index (χ4v) is 3.79. The van der Waals surface area contributed by atoms with Crippen LogP contribution >= 0.6 is 0 Å². The topological polar surface area (TPSA) is 98.9 Å². The predicted octanol–water partition coefficient (Wildman–Crippen LogP) is 2.96. The Morgan fingerprint density at radius 1 is 1.11 bits per heavy atom. The number of esters is 1. The lowest BCUT2D eigenvalue weighted by Gasteiger charge is -2.31. The average Bonchev–Trinajstić information content (AvgIpc) is 2.81. The third-order valence-corrected chi connectivity index (χ3v) is 5.06. The van der Waals surface area contributed by atoms with Gasteiger partial charge in [0.1, 0.15) is 11.6 Å². The molecule has 0 aromatic rings. The van der Waals surface area contributed by atoms with Gasteiger partial charge < -0.3 is 20.1 Å². The van der Waals surface area contributed by atoms with Crippen molar-refractivity contribution in [2.45, 2.75) is 73.5 Å². The summed E-state index contributed by atoms with van der Waals surface area (Å²) in [6.45, 7) is 16.4. The Hall–Kier alpha value is -1.79. The molecule has 1 aliphatic heterocycles. The first kappa shape index (κ1) is 23.2. The van der Waals surface area contributed by atoms with Crippen molar-refractivity contribution in [1.82, 2.24) is 4.90 Å². The van der Waals surface area contributed by atoms with Gasteiger partial charge in [-0.3, -0.25) is 4.79 Å². The molecule has 0 aromatic heterocycles. The molecule has 0 aromatic carbocycles. The fourth-order valence-electron chi connectivity index (χ4n) is 3.79. The van der Waals surface area contributed by atoms with Gasteiger partial charge in [0.05, 0.1) is 7.11 Å². The predicted molar refractivity (Wildman–Crippen MR) is 103 cm³/mol. The Morgan fingerprint density at radius 2 is 1.63 bits per heavy atom. The minimum absolute atomic E-state index is 0.0555. The Balaban J connectivity index is 0.000000387. The van der Waals surface area contributed by atoms with Crippen molar-refractivity contribution in [2.75, 3.05) is 13.7 Å². The zero-order chi connectivity index (χ0) is 21.4. The quantitative estimate of drug-likeness (QED) is 0.738. The highest BCUT2D eigenvalue weighted by Crippen LogP contribution is 2.65. The average molecular weight is 385 g/mol. The molecule has 7 nitrogen and oxygen atoms in total. The Labute approximate surface area is 162 Å². The molecule has 2 amide bonds. The molecule has 1 aliphatic carbocycles. The molecule has 156 valence electrons. The number of amides is 2. The summed E-state index contributed by atoms with van der Waals surface area (Å²) < 4.78 is 9.48. The first-order valence-electron chi connectivity index (χ1n) is 9.37. The number of carbonyl (C=O) groups is 3. The molecule has 2 unspecified atom stereocenters. The minimum Gasteiger partial charge on any atom is -0.467 e. The first-order valence-corrected chi connectivity index (χ1v) is 9.37. The van der Waals surface area contributed by atoms with E-state index in [0.29, 0.717) is 18.9 Å². The molecule has 2 N–H and O–H groups in total. The van der Waals surface area contributed by atoms with E-state index in [1.807, 2.05) is 20.8 Å². The molecule has 27 heavy (non-hydrogen) atoms. The van der Waals surface area contributed by atoms with Gasteiger partial charge >= 0.3 is 12.1 Å². The van der Waals surface area contributed by atoms with Crippen molar-refractivity contribution in [3.63, 3.8) is 0 Å². The number of ether oxygens (including phenoxy) is 2. The van der Waals surface area contributed by atoms with Crippen molar-refractivity contribution in [1.29, 1.82) is 0 Å². The number of methoxy groups -OCH3 is 1. The van der Waals surface area contributed by atoms with Gasteiger partial charge in [0.25, 0.3) is 0 Å². The summed E-state index contributed by atoms with van der Waals surface area (Å²) in [5.74, 6) is 0.524. The normalized spacial score (nSPS) is 25.7. The molecule has 2 aliphatic rings. The number of carbonyl (C=O) groups excluding carboxylic acids is 3. The Morgan fingerprint density at radius 3 is 1.96 bits per heavy atom. The van der Waals surface area contributed by atoms with Crippen molar-refractivity contribution in [3.8, 4) is 0 Å². The van der Waals surface area contributed by atoms with Crippen LogP contribution in [0.15, 0.2) is 0 Å². The van der Waals surface area contributed by atoms with Gasteiger partial charge in [-0.2, -0.15) is 0 Å². The Bertz CT molecular complexity index is 586. The molecule has 3 atom stereocenters.